The van der Waals surface area contributed by atoms with Gasteiger partial charge in [0.2, 0.25) is 0 Å². The number of benzene rings is 1. The van der Waals surface area contributed by atoms with Crippen molar-refractivity contribution in [2.24, 2.45) is 5.73 Å². The van der Waals surface area contributed by atoms with E-state index in [0.29, 0.717) is 0 Å². The second-order valence-corrected chi connectivity index (χ2v) is 5.59. The lowest BCUT2D eigenvalue weighted by atomic mass is 10.1. The van der Waals surface area contributed by atoms with Gasteiger partial charge in [0.1, 0.15) is 0 Å². The van der Waals surface area contributed by atoms with Crippen molar-refractivity contribution in [3.63, 3.8) is 0 Å². The van der Waals surface area contributed by atoms with Gasteiger partial charge in [-0.05, 0) is 24.6 Å². The molecule has 1 aromatic carbocycles. The van der Waals surface area contributed by atoms with E-state index < -0.39 is 0 Å². The summed E-state index contributed by atoms with van der Waals surface area (Å²) in [6, 6.07) is 8.45. The van der Waals surface area contributed by atoms with Gasteiger partial charge in [-0.2, -0.15) is 0 Å². The molecule has 0 radical (unpaired) electrons. The smallest absolute Gasteiger partial charge is 0.317 e. The molecule has 3 N–H and O–H groups in total. The minimum atomic E-state index is 0.0582. The van der Waals surface area contributed by atoms with Crippen LogP contribution in [-0.2, 0) is 0 Å². The van der Waals surface area contributed by atoms with Crippen molar-refractivity contribution in [2.75, 3.05) is 25.4 Å². The molecule has 98 valence electrons. The Kier molecular flexibility index (Phi) is 4.49. The van der Waals surface area contributed by atoms with E-state index in [2.05, 4.69) is 29.6 Å². The molecular formula is C13H19N3OS. The summed E-state index contributed by atoms with van der Waals surface area (Å²) in [5.41, 5.74) is 6.96. The van der Waals surface area contributed by atoms with Gasteiger partial charge < -0.3 is 16.0 Å². The van der Waals surface area contributed by atoms with E-state index >= 15 is 0 Å². The van der Waals surface area contributed by atoms with Crippen molar-refractivity contribution in [2.45, 2.75) is 17.9 Å². The number of carbonyl (C=O) groups is 1. The molecule has 2 amide bonds. The summed E-state index contributed by atoms with van der Waals surface area (Å²) in [5.74, 6) is 0.922. The van der Waals surface area contributed by atoms with Gasteiger partial charge in [0, 0.05) is 36.3 Å². The first-order valence-electron chi connectivity index (χ1n) is 6.18. The standard InChI is InChI=1S/C13H19N3OS/c1-10(14)11-2-4-12(5-3-11)18-9-8-16-7-6-15-13(16)17/h2-5,10H,6-9,14H2,1H3,(H,15,17). The monoisotopic (exact) mass is 265 g/mol. The molecule has 1 unspecified atom stereocenters. The number of thioether (sulfide) groups is 1. The lowest BCUT2D eigenvalue weighted by Gasteiger charge is -2.13. The zero-order valence-corrected chi connectivity index (χ0v) is 11.4. The van der Waals surface area contributed by atoms with Gasteiger partial charge in [-0.15, -0.1) is 11.8 Å². The third kappa shape index (κ3) is 3.40. The molecule has 0 aromatic heterocycles. The average Bonchev–Trinajstić information content (AvgIpc) is 2.76. The van der Waals surface area contributed by atoms with Crippen LogP contribution in [-0.4, -0.2) is 36.3 Å². The van der Waals surface area contributed by atoms with Crippen LogP contribution in [0.4, 0.5) is 4.79 Å². The van der Waals surface area contributed by atoms with Gasteiger partial charge in [0.05, 0.1) is 0 Å². The summed E-state index contributed by atoms with van der Waals surface area (Å²) in [6.45, 7) is 4.37. The number of hydrogen-bond donors (Lipinski definition) is 2. The molecule has 2 rings (SSSR count). The number of carbonyl (C=O) groups excluding carboxylic acids is 1. The topological polar surface area (TPSA) is 58.4 Å². The highest BCUT2D eigenvalue weighted by molar-refractivity contribution is 7.99. The summed E-state index contributed by atoms with van der Waals surface area (Å²) in [6.07, 6.45) is 0. The van der Waals surface area contributed by atoms with E-state index in [-0.39, 0.29) is 12.1 Å². The Morgan fingerprint density at radius 1 is 1.44 bits per heavy atom. The number of amides is 2. The molecule has 1 aromatic rings. The third-order valence-corrected chi connectivity index (χ3v) is 3.97. The van der Waals surface area contributed by atoms with E-state index in [9.17, 15) is 4.79 Å². The Balaban J connectivity index is 1.78. The highest BCUT2D eigenvalue weighted by Crippen LogP contribution is 2.20. The van der Waals surface area contributed by atoms with E-state index in [0.717, 1.165) is 31.0 Å². The summed E-state index contributed by atoms with van der Waals surface area (Å²) < 4.78 is 0. The van der Waals surface area contributed by atoms with Gasteiger partial charge in [-0.25, -0.2) is 4.79 Å². The Morgan fingerprint density at radius 3 is 2.72 bits per heavy atom. The molecule has 1 saturated heterocycles. The lowest BCUT2D eigenvalue weighted by molar-refractivity contribution is 0.220. The molecule has 0 spiro atoms. The van der Waals surface area contributed by atoms with Crippen molar-refractivity contribution in [3.8, 4) is 0 Å². The molecule has 5 heteroatoms. The number of nitrogens with two attached hydrogens (primary N) is 1. The second-order valence-electron chi connectivity index (χ2n) is 4.43. The van der Waals surface area contributed by atoms with Crippen LogP contribution >= 0.6 is 11.8 Å². The Labute approximate surface area is 112 Å². The fourth-order valence-electron chi connectivity index (χ4n) is 1.87. The molecular weight excluding hydrogens is 246 g/mol. The maximum absolute atomic E-state index is 11.3. The summed E-state index contributed by atoms with van der Waals surface area (Å²) in [4.78, 5) is 14.4. The SMILES string of the molecule is CC(N)c1ccc(SCCN2CCNC2=O)cc1. The first kappa shape index (κ1) is 13.2. The van der Waals surface area contributed by atoms with E-state index in [1.165, 1.54) is 4.90 Å². The molecule has 0 aliphatic carbocycles. The normalized spacial score (nSPS) is 16.8. The second kappa shape index (κ2) is 6.11. The predicted molar refractivity (Wildman–Crippen MR) is 74.7 cm³/mol. The fourth-order valence-corrected chi connectivity index (χ4v) is 2.74. The minimum Gasteiger partial charge on any atom is -0.336 e. The van der Waals surface area contributed by atoms with Gasteiger partial charge in [-0.3, -0.25) is 0 Å². The van der Waals surface area contributed by atoms with Crippen LogP contribution in [0, 0.1) is 0 Å². The van der Waals surface area contributed by atoms with Crippen molar-refractivity contribution >= 4 is 17.8 Å². The first-order valence-corrected chi connectivity index (χ1v) is 7.16. The average molecular weight is 265 g/mol. The Hall–Kier alpha value is -1.20. The summed E-state index contributed by atoms with van der Waals surface area (Å²) >= 11 is 1.77. The Morgan fingerprint density at radius 2 is 2.17 bits per heavy atom. The maximum Gasteiger partial charge on any atom is 0.317 e. The third-order valence-electron chi connectivity index (χ3n) is 2.98. The number of nitrogens with zero attached hydrogens (tertiary/aromatic N) is 1. The van der Waals surface area contributed by atoms with Gasteiger partial charge in [0.25, 0.3) is 0 Å². The van der Waals surface area contributed by atoms with Crippen molar-refractivity contribution < 1.29 is 4.79 Å². The maximum atomic E-state index is 11.3. The van der Waals surface area contributed by atoms with Gasteiger partial charge in [-0.1, -0.05) is 12.1 Å². The van der Waals surface area contributed by atoms with Crippen LogP contribution in [0.2, 0.25) is 0 Å². The van der Waals surface area contributed by atoms with E-state index in [4.69, 9.17) is 5.73 Å². The van der Waals surface area contributed by atoms with Gasteiger partial charge >= 0.3 is 6.03 Å². The number of nitrogens with one attached hydrogen (secondary N) is 1. The molecule has 1 fully saturated rings. The lowest BCUT2D eigenvalue weighted by Crippen LogP contribution is -2.30. The van der Waals surface area contributed by atoms with Crippen LogP contribution in [0.25, 0.3) is 0 Å². The molecule has 1 aliphatic rings. The van der Waals surface area contributed by atoms with Crippen molar-refractivity contribution in [1.29, 1.82) is 0 Å². The van der Waals surface area contributed by atoms with Crippen LogP contribution in [0.5, 0.6) is 0 Å². The van der Waals surface area contributed by atoms with E-state index in [1.54, 1.807) is 11.8 Å². The molecule has 0 bridgehead atoms. The van der Waals surface area contributed by atoms with Crippen molar-refractivity contribution in [3.05, 3.63) is 29.8 Å². The number of hydrogen-bond acceptors (Lipinski definition) is 3. The Bertz CT molecular complexity index is 405. The molecule has 0 saturated carbocycles. The van der Waals surface area contributed by atoms with Crippen LogP contribution in [0.3, 0.4) is 0 Å². The summed E-state index contributed by atoms with van der Waals surface area (Å²) in [7, 11) is 0. The molecule has 1 heterocycles. The molecule has 4 nitrogen and oxygen atoms in total. The first-order chi connectivity index (χ1) is 8.66. The zero-order chi connectivity index (χ0) is 13.0. The van der Waals surface area contributed by atoms with Crippen molar-refractivity contribution in [1.82, 2.24) is 10.2 Å². The highest BCUT2D eigenvalue weighted by Gasteiger charge is 2.18. The van der Waals surface area contributed by atoms with Crippen LogP contribution in [0.1, 0.15) is 18.5 Å². The highest BCUT2D eigenvalue weighted by atomic mass is 32.2. The predicted octanol–water partition coefficient (Wildman–Crippen LogP) is 1.82. The van der Waals surface area contributed by atoms with Crippen LogP contribution in [0.15, 0.2) is 29.2 Å². The largest absolute Gasteiger partial charge is 0.336 e. The van der Waals surface area contributed by atoms with Crippen LogP contribution < -0.4 is 11.1 Å². The number of rotatable bonds is 5. The molecule has 1 aliphatic heterocycles. The molecule has 1 atom stereocenters. The van der Waals surface area contributed by atoms with E-state index in [1.807, 2.05) is 11.8 Å². The zero-order valence-electron chi connectivity index (χ0n) is 10.6. The fraction of sp³-hybridized carbons (Fsp3) is 0.462. The molecule has 18 heavy (non-hydrogen) atoms. The quantitative estimate of drug-likeness (QED) is 0.798. The summed E-state index contributed by atoms with van der Waals surface area (Å²) in [5, 5.41) is 2.80. The minimum absolute atomic E-state index is 0.0582. The van der Waals surface area contributed by atoms with Gasteiger partial charge in [0.15, 0.2) is 0 Å². The number of urea groups is 1.